The summed E-state index contributed by atoms with van der Waals surface area (Å²) >= 11 is 1.19. The molecule has 6 heteroatoms. The molecule has 1 aromatic heterocycles. The van der Waals surface area contributed by atoms with Crippen LogP contribution >= 0.6 is 11.3 Å². The minimum Gasteiger partial charge on any atom is -0.354 e. The van der Waals surface area contributed by atoms with Gasteiger partial charge in [-0.2, -0.15) is 0 Å². The zero-order valence-corrected chi connectivity index (χ0v) is 16.6. The Morgan fingerprint density at radius 2 is 1.70 bits per heavy atom. The number of carbonyl (C=O) groups is 1. The Morgan fingerprint density at radius 1 is 1.00 bits per heavy atom. The summed E-state index contributed by atoms with van der Waals surface area (Å²) in [5.74, 6) is -0.195. The summed E-state index contributed by atoms with van der Waals surface area (Å²) in [6, 6.07) is 20.1. The molecule has 2 aromatic carbocycles. The Bertz CT molecular complexity index is 980. The summed E-state index contributed by atoms with van der Waals surface area (Å²) in [7, 11) is -3.59. The van der Waals surface area contributed by atoms with Gasteiger partial charge in [0.05, 0.1) is 6.42 Å². The summed E-state index contributed by atoms with van der Waals surface area (Å²) in [6.45, 7) is 1.99. The monoisotopic (exact) mass is 399 g/mol. The first-order valence-electron chi connectivity index (χ1n) is 8.61. The third-order valence-corrected chi connectivity index (χ3v) is 7.82. The van der Waals surface area contributed by atoms with Crippen LogP contribution in [0.4, 0.5) is 0 Å². The van der Waals surface area contributed by atoms with Crippen molar-refractivity contribution >= 4 is 27.1 Å². The number of thiophene rings is 1. The summed E-state index contributed by atoms with van der Waals surface area (Å²) in [5, 5.41) is 3.72. The maximum Gasteiger partial charge on any atom is 0.224 e. The molecule has 0 bridgehead atoms. The third kappa shape index (κ3) is 4.84. The molecule has 0 fully saturated rings. The van der Waals surface area contributed by atoms with Crippen molar-refractivity contribution in [2.75, 3.05) is 6.54 Å². The van der Waals surface area contributed by atoms with E-state index in [-0.39, 0.29) is 18.9 Å². The number of hydrogen-bond acceptors (Lipinski definition) is 4. The van der Waals surface area contributed by atoms with Crippen LogP contribution in [0.1, 0.15) is 21.9 Å². The number of hydrogen-bond donors (Lipinski definition) is 1. The van der Waals surface area contributed by atoms with E-state index in [1.54, 1.807) is 17.5 Å². The molecule has 3 aromatic rings. The highest BCUT2D eigenvalue weighted by molar-refractivity contribution is 7.93. The van der Waals surface area contributed by atoms with E-state index in [1.165, 1.54) is 11.3 Å². The van der Waals surface area contributed by atoms with Gasteiger partial charge in [-0.3, -0.25) is 4.79 Å². The number of amides is 1. The average Bonchev–Trinajstić information content (AvgIpc) is 3.20. The molecule has 3 rings (SSSR count). The van der Waals surface area contributed by atoms with Crippen LogP contribution in [0.25, 0.3) is 0 Å². The molecule has 0 saturated carbocycles. The van der Waals surface area contributed by atoms with E-state index in [1.807, 2.05) is 61.5 Å². The zero-order chi connectivity index (χ0) is 19.3. The lowest BCUT2D eigenvalue weighted by molar-refractivity contribution is -0.120. The van der Waals surface area contributed by atoms with Crippen LogP contribution in [0.5, 0.6) is 0 Å². The van der Waals surface area contributed by atoms with Gasteiger partial charge in [0.15, 0.2) is 9.84 Å². The Labute approximate surface area is 163 Å². The molecule has 0 aliphatic heterocycles. The van der Waals surface area contributed by atoms with Gasteiger partial charge in [0.25, 0.3) is 0 Å². The number of nitrogens with one attached hydrogen (secondary N) is 1. The highest BCUT2D eigenvalue weighted by atomic mass is 32.2. The smallest absolute Gasteiger partial charge is 0.224 e. The standard InChI is InChI=1S/C21H21NO3S2/c1-16-9-11-18(12-10-16)19(27(24,25)21-8-5-13-26-21)15-22-20(23)14-17-6-3-2-4-7-17/h2-13,19H,14-15H2,1H3,(H,22,23)/t19-/m1/s1. The van der Waals surface area contributed by atoms with Crippen molar-refractivity contribution in [1.29, 1.82) is 0 Å². The molecule has 0 radical (unpaired) electrons. The maximum atomic E-state index is 13.1. The van der Waals surface area contributed by atoms with Crippen molar-refractivity contribution in [3.63, 3.8) is 0 Å². The Hall–Kier alpha value is -2.44. The van der Waals surface area contributed by atoms with Crippen molar-refractivity contribution in [2.45, 2.75) is 22.8 Å². The molecule has 27 heavy (non-hydrogen) atoms. The van der Waals surface area contributed by atoms with Crippen LogP contribution in [0.15, 0.2) is 76.3 Å². The first-order chi connectivity index (χ1) is 13.0. The van der Waals surface area contributed by atoms with Crippen LogP contribution in [-0.2, 0) is 21.1 Å². The molecule has 0 aliphatic carbocycles. The first-order valence-corrected chi connectivity index (χ1v) is 11.0. The lowest BCUT2D eigenvalue weighted by Gasteiger charge is -2.18. The fourth-order valence-electron chi connectivity index (χ4n) is 2.80. The molecule has 1 heterocycles. The second kappa shape index (κ2) is 8.50. The van der Waals surface area contributed by atoms with Gasteiger partial charge in [-0.1, -0.05) is 66.2 Å². The molecule has 1 amide bonds. The van der Waals surface area contributed by atoms with E-state index >= 15 is 0 Å². The third-order valence-electron chi connectivity index (χ3n) is 4.29. The van der Waals surface area contributed by atoms with Crippen molar-refractivity contribution in [3.8, 4) is 0 Å². The fourth-order valence-corrected chi connectivity index (χ4v) is 5.67. The SMILES string of the molecule is Cc1ccc([C@@H](CNC(=O)Cc2ccccc2)S(=O)(=O)c2cccs2)cc1. The van der Waals surface area contributed by atoms with Gasteiger partial charge in [0.2, 0.25) is 5.91 Å². The summed E-state index contributed by atoms with van der Waals surface area (Å²) in [4.78, 5) is 12.3. The Morgan fingerprint density at radius 3 is 2.33 bits per heavy atom. The fraction of sp³-hybridized carbons (Fsp3) is 0.190. The highest BCUT2D eigenvalue weighted by Gasteiger charge is 2.30. The molecule has 4 nitrogen and oxygen atoms in total. The summed E-state index contributed by atoms with van der Waals surface area (Å²) in [6.07, 6.45) is 0.223. The second-order valence-corrected chi connectivity index (χ2v) is 9.65. The van der Waals surface area contributed by atoms with Crippen molar-refractivity contribution in [2.24, 2.45) is 0 Å². The van der Waals surface area contributed by atoms with Gasteiger partial charge in [-0.15, -0.1) is 11.3 Å². The van der Waals surface area contributed by atoms with Gasteiger partial charge in [-0.05, 0) is 29.5 Å². The Balaban J connectivity index is 1.80. The predicted octanol–water partition coefficient (Wildman–Crippen LogP) is 3.93. The molecule has 0 unspecified atom stereocenters. The quantitative estimate of drug-likeness (QED) is 0.655. The van der Waals surface area contributed by atoms with Crippen molar-refractivity contribution < 1.29 is 13.2 Å². The van der Waals surface area contributed by atoms with Crippen molar-refractivity contribution in [3.05, 3.63) is 88.8 Å². The second-order valence-electron chi connectivity index (χ2n) is 6.34. The minimum absolute atomic E-state index is 0.0367. The zero-order valence-electron chi connectivity index (χ0n) is 15.0. The number of benzene rings is 2. The number of rotatable bonds is 7. The molecule has 0 saturated heterocycles. The van der Waals surface area contributed by atoms with E-state index in [9.17, 15) is 13.2 Å². The predicted molar refractivity (Wildman–Crippen MR) is 109 cm³/mol. The van der Waals surface area contributed by atoms with E-state index in [0.29, 0.717) is 9.77 Å². The number of sulfone groups is 1. The van der Waals surface area contributed by atoms with Crippen LogP contribution in [0, 0.1) is 6.92 Å². The molecule has 140 valence electrons. The van der Waals surface area contributed by atoms with E-state index < -0.39 is 15.1 Å². The van der Waals surface area contributed by atoms with Gasteiger partial charge in [-0.25, -0.2) is 8.42 Å². The largest absolute Gasteiger partial charge is 0.354 e. The van der Waals surface area contributed by atoms with Crippen molar-refractivity contribution in [1.82, 2.24) is 5.32 Å². The molecule has 0 spiro atoms. The normalized spacial score (nSPS) is 12.5. The van der Waals surface area contributed by atoms with E-state index in [0.717, 1.165) is 11.1 Å². The van der Waals surface area contributed by atoms with Crippen LogP contribution in [-0.4, -0.2) is 20.9 Å². The van der Waals surface area contributed by atoms with Gasteiger partial charge < -0.3 is 5.32 Å². The summed E-state index contributed by atoms with van der Waals surface area (Å²) < 4.78 is 26.5. The molecule has 1 atom stereocenters. The molecule has 1 N–H and O–H groups in total. The summed E-state index contributed by atoms with van der Waals surface area (Å²) in [5.41, 5.74) is 2.62. The van der Waals surface area contributed by atoms with Gasteiger partial charge in [0, 0.05) is 6.54 Å². The van der Waals surface area contributed by atoms with Gasteiger partial charge >= 0.3 is 0 Å². The van der Waals surface area contributed by atoms with E-state index in [4.69, 9.17) is 0 Å². The van der Waals surface area contributed by atoms with Gasteiger partial charge in [0.1, 0.15) is 9.46 Å². The Kier molecular flexibility index (Phi) is 6.08. The molecule has 0 aliphatic rings. The van der Waals surface area contributed by atoms with Crippen LogP contribution in [0.3, 0.4) is 0 Å². The van der Waals surface area contributed by atoms with E-state index in [2.05, 4.69) is 5.32 Å². The maximum absolute atomic E-state index is 13.1. The molecular formula is C21H21NO3S2. The number of aryl methyl sites for hydroxylation is 1. The minimum atomic E-state index is -3.59. The number of carbonyl (C=O) groups excluding carboxylic acids is 1. The highest BCUT2D eigenvalue weighted by Crippen LogP contribution is 2.31. The lowest BCUT2D eigenvalue weighted by Crippen LogP contribution is -2.32. The topological polar surface area (TPSA) is 63.2 Å². The first kappa shape index (κ1) is 19.3. The average molecular weight is 400 g/mol. The van der Waals surface area contributed by atoms with Crippen LogP contribution in [0.2, 0.25) is 0 Å². The van der Waals surface area contributed by atoms with Crippen LogP contribution < -0.4 is 5.32 Å². The lowest BCUT2D eigenvalue weighted by atomic mass is 10.1. The molecular weight excluding hydrogens is 378 g/mol.